The quantitative estimate of drug-likeness (QED) is 0.505. The van der Waals surface area contributed by atoms with Crippen LogP contribution in [0.15, 0.2) is 85.2 Å². The van der Waals surface area contributed by atoms with Gasteiger partial charge in [0.1, 0.15) is 0 Å². The van der Waals surface area contributed by atoms with Crippen molar-refractivity contribution in [3.63, 3.8) is 0 Å². The smallest absolute Gasteiger partial charge is 0.242 e. The minimum Gasteiger partial charge on any atom is -0.370 e. The van der Waals surface area contributed by atoms with Crippen LogP contribution in [0.1, 0.15) is 29.0 Å². The fraction of sp³-hybridized carbons (Fsp3) is 0.345. The molecule has 0 spiro atoms. The molecule has 0 radical (unpaired) electrons. The van der Waals surface area contributed by atoms with Crippen molar-refractivity contribution in [2.75, 3.05) is 26.2 Å². The van der Waals surface area contributed by atoms with E-state index in [1.165, 1.54) is 11.1 Å². The highest BCUT2D eigenvalue weighted by Gasteiger charge is 2.47. The molecule has 180 valence electrons. The maximum absolute atomic E-state index is 13.4. The van der Waals surface area contributed by atoms with Crippen LogP contribution < -0.4 is 0 Å². The predicted octanol–water partition coefficient (Wildman–Crippen LogP) is 3.68. The second kappa shape index (κ2) is 10.8. The number of pyridine rings is 1. The minimum absolute atomic E-state index is 0.0128. The lowest BCUT2D eigenvalue weighted by atomic mass is 10.1. The topological polar surface area (TPSA) is 62.7 Å². The van der Waals surface area contributed by atoms with Gasteiger partial charge in [0.2, 0.25) is 11.8 Å². The molecule has 2 aromatic carbocycles. The van der Waals surface area contributed by atoms with Crippen LogP contribution >= 0.6 is 0 Å². The van der Waals surface area contributed by atoms with E-state index in [2.05, 4.69) is 29.2 Å². The Balaban J connectivity index is 1.27. The third-order valence-corrected chi connectivity index (χ3v) is 6.92. The second-order valence-corrected chi connectivity index (χ2v) is 9.44. The van der Waals surface area contributed by atoms with E-state index in [-0.39, 0.29) is 36.3 Å². The summed E-state index contributed by atoms with van der Waals surface area (Å²) < 4.78 is 6.26. The lowest BCUT2D eigenvalue weighted by Gasteiger charge is -2.25. The van der Waals surface area contributed by atoms with Crippen LogP contribution in [0.25, 0.3) is 0 Å². The first kappa shape index (κ1) is 23.2. The Bertz CT molecular complexity index is 1120. The molecule has 2 amide bonds. The van der Waals surface area contributed by atoms with Crippen molar-refractivity contribution in [3.8, 4) is 0 Å². The van der Waals surface area contributed by atoms with Gasteiger partial charge in [-0.3, -0.25) is 14.6 Å². The molecule has 0 N–H and O–H groups in total. The molecule has 3 aromatic rings. The van der Waals surface area contributed by atoms with Crippen molar-refractivity contribution in [3.05, 3.63) is 102 Å². The van der Waals surface area contributed by atoms with E-state index < -0.39 is 0 Å². The number of ether oxygens (including phenoxy) is 1. The minimum atomic E-state index is -0.247. The first-order valence-electron chi connectivity index (χ1n) is 12.3. The molecule has 1 aliphatic heterocycles. The standard InChI is InChI=1S/C29H31N3O3/c33-28-20-32(29(34)27-17-26(27)24-9-5-2-6-10-24)19-25(35-21-23-11-14-30-15-12-23)18-31(28)16-13-22-7-3-1-4-8-22/h1-12,14-15,25-27H,13,16-21H2/t25-,26+,27-/m1/s1. The lowest BCUT2D eigenvalue weighted by Crippen LogP contribution is -2.41. The fourth-order valence-corrected chi connectivity index (χ4v) is 4.84. The molecule has 1 saturated carbocycles. The van der Waals surface area contributed by atoms with E-state index in [0.717, 1.165) is 18.4 Å². The largest absolute Gasteiger partial charge is 0.370 e. The number of hydrogen-bond acceptors (Lipinski definition) is 4. The number of hydrogen-bond donors (Lipinski definition) is 0. The Morgan fingerprint density at radius 3 is 2.37 bits per heavy atom. The number of amides is 2. The van der Waals surface area contributed by atoms with Crippen molar-refractivity contribution < 1.29 is 14.3 Å². The number of nitrogens with zero attached hydrogens (tertiary/aromatic N) is 3. The van der Waals surface area contributed by atoms with Crippen molar-refractivity contribution in [1.82, 2.24) is 14.8 Å². The summed E-state index contributed by atoms with van der Waals surface area (Å²) in [5.74, 6) is 0.241. The maximum Gasteiger partial charge on any atom is 0.242 e. The van der Waals surface area contributed by atoms with E-state index in [0.29, 0.717) is 26.2 Å². The van der Waals surface area contributed by atoms with Crippen LogP contribution in [-0.2, 0) is 27.4 Å². The Kier molecular flexibility index (Phi) is 7.19. The van der Waals surface area contributed by atoms with Gasteiger partial charge in [-0.15, -0.1) is 0 Å². The Morgan fingerprint density at radius 1 is 0.914 bits per heavy atom. The molecule has 1 saturated heterocycles. The Hall–Kier alpha value is -3.51. The van der Waals surface area contributed by atoms with E-state index in [1.54, 1.807) is 17.3 Å². The summed E-state index contributed by atoms with van der Waals surface area (Å²) in [6, 6.07) is 24.2. The first-order chi connectivity index (χ1) is 17.2. The number of rotatable bonds is 8. The molecule has 2 heterocycles. The molecular weight excluding hydrogens is 438 g/mol. The number of carbonyl (C=O) groups is 2. The lowest BCUT2D eigenvalue weighted by molar-refractivity contribution is -0.139. The number of benzene rings is 2. The van der Waals surface area contributed by atoms with Crippen molar-refractivity contribution in [2.45, 2.75) is 31.5 Å². The zero-order chi connectivity index (χ0) is 24.0. The SMILES string of the molecule is O=C1CN(C(=O)[C@@H]2C[C@H]2c2ccccc2)C[C@H](OCc2ccncc2)CN1CCc1ccccc1. The van der Waals surface area contributed by atoms with Gasteiger partial charge in [0.05, 0.1) is 19.3 Å². The van der Waals surface area contributed by atoms with E-state index in [9.17, 15) is 9.59 Å². The van der Waals surface area contributed by atoms with Crippen molar-refractivity contribution in [2.24, 2.45) is 5.92 Å². The van der Waals surface area contributed by atoms with Gasteiger partial charge in [0, 0.05) is 37.9 Å². The highest BCUT2D eigenvalue weighted by atomic mass is 16.5. The molecule has 0 bridgehead atoms. The summed E-state index contributed by atoms with van der Waals surface area (Å²) in [4.78, 5) is 34.3. The molecule has 35 heavy (non-hydrogen) atoms. The summed E-state index contributed by atoms with van der Waals surface area (Å²) in [6.45, 7) is 2.05. The molecular formula is C29H31N3O3. The molecule has 6 heteroatoms. The zero-order valence-corrected chi connectivity index (χ0v) is 19.8. The maximum atomic E-state index is 13.4. The van der Waals surface area contributed by atoms with Crippen LogP contribution in [0.3, 0.4) is 0 Å². The van der Waals surface area contributed by atoms with E-state index in [1.807, 2.05) is 53.4 Å². The van der Waals surface area contributed by atoms with Gasteiger partial charge in [0.15, 0.2) is 0 Å². The predicted molar refractivity (Wildman–Crippen MR) is 133 cm³/mol. The summed E-state index contributed by atoms with van der Waals surface area (Å²) in [5.41, 5.74) is 3.41. The first-order valence-corrected chi connectivity index (χ1v) is 12.3. The summed E-state index contributed by atoms with van der Waals surface area (Å²) in [6.07, 6.45) is 4.86. The number of aromatic nitrogens is 1. The van der Waals surface area contributed by atoms with Gasteiger partial charge in [-0.2, -0.15) is 0 Å². The van der Waals surface area contributed by atoms with Crippen LogP contribution in [0.5, 0.6) is 0 Å². The van der Waals surface area contributed by atoms with Crippen molar-refractivity contribution in [1.29, 1.82) is 0 Å². The Labute approximate surface area is 206 Å². The fourth-order valence-electron chi connectivity index (χ4n) is 4.84. The Morgan fingerprint density at radius 2 is 1.63 bits per heavy atom. The van der Waals surface area contributed by atoms with E-state index in [4.69, 9.17) is 4.74 Å². The molecule has 1 aromatic heterocycles. The summed E-state index contributed by atoms with van der Waals surface area (Å²) >= 11 is 0. The highest BCUT2D eigenvalue weighted by Crippen LogP contribution is 2.48. The normalized spacial score (nSPS) is 22.1. The average molecular weight is 470 g/mol. The van der Waals surface area contributed by atoms with Gasteiger partial charge in [-0.1, -0.05) is 60.7 Å². The molecule has 0 unspecified atom stereocenters. The summed E-state index contributed by atoms with van der Waals surface area (Å²) in [5, 5.41) is 0. The average Bonchev–Trinajstić information content (AvgIpc) is 3.72. The molecule has 3 atom stereocenters. The number of carbonyl (C=O) groups excluding carboxylic acids is 2. The van der Waals surface area contributed by atoms with Gasteiger partial charge < -0.3 is 14.5 Å². The van der Waals surface area contributed by atoms with Gasteiger partial charge in [-0.25, -0.2) is 0 Å². The van der Waals surface area contributed by atoms with Crippen LogP contribution in [0.4, 0.5) is 0 Å². The molecule has 2 aliphatic rings. The second-order valence-electron chi connectivity index (χ2n) is 9.44. The van der Waals surface area contributed by atoms with Gasteiger partial charge >= 0.3 is 0 Å². The zero-order valence-electron chi connectivity index (χ0n) is 19.8. The van der Waals surface area contributed by atoms with Crippen LogP contribution in [-0.4, -0.2) is 58.9 Å². The monoisotopic (exact) mass is 469 g/mol. The molecule has 5 rings (SSSR count). The summed E-state index contributed by atoms with van der Waals surface area (Å²) in [7, 11) is 0. The molecule has 2 fully saturated rings. The van der Waals surface area contributed by atoms with Gasteiger partial charge in [0.25, 0.3) is 0 Å². The highest BCUT2D eigenvalue weighted by molar-refractivity contribution is 5.88. The van der Waals surface area contributed by atoms with Crippen LogP contribution in [0.2, 0.25) is 0 Å². The third kappa shape index (κ3) is 5.95. The third-order valence-electron chi connectivity index (χ3n) is 6.92. The van der Waals surface area contributed by atoms with Gasteiger partial charge in [-0.05, 0) is 47.6 Å². The molecule has 6 nitrogen and oxygen atoms in total. The molecule has 1 aliphatic carbocycles. The van der Waals surface area contributed by atoms with Crippen molar-refractivity contribution >= 4 is 11.8 Å². The van der Waals surface area contributed by atoms with Crippen LogP contribution in [0, 0.1) is 5.92 Å². The van der Waals surface area contributed by atoms with E-state index >= 15 is 0 Å².